The summed E-state index contributed by atoms with van der Waals surface area (Å²) in [5.41, 5.74) is 2.37. The number of hydrogen-bond acceptors (Lipinski definition) is 10. The van der Waals surface area contributed by atoms with Gasteiger partial charge in [0.25, 0.3) is 22.0 Å². The van der Waals surface area contributed by atoms with Gasteiger partial charge in [-0.1, -0.05) is 60.3 Å². The number of amides is 2. The topological polar surface area (TPSA) is 146 Å². The molecule has 3 aliphatic heterocycles. The molecule has 0 bridgehead atoms. The predicted octanol–water partition coefficient (Wildman–Crippen LogP) is 6.92. The highest BCUT2D eigenvalue weighted by Gasteiger charge is 2.79. The van der Waals surface area contributed by atoms with Crippen molar-refractivity contribution >= 4 is 62.8 Å². The lowest BCUT2D eigenvalue weighted by Crippen LogP contribution is -2.75. The Bertz CT molecular complexity index is 2140. The molecule has 7 rings (SSSR count). The van der Waals surface area contributed by atoms with E-state index in [0.29, 0.717) is 38.8 Å². The third-order valence-electron chi connectivity index (χ3n) is 8.49. The number of nitro groups is 1. The summed E-state index contributed by atoms with van der Waals surface area (Å²) in [5.74, 6) is -1.84. The highest BCUT2D eigenvalue weighted by molar-refractivity contribution is 9.10. The van der Waals surface area contributed by atoms with Crippen LogP contribution < -0.4 is 9.64 Å². The van der Waals surface area contributed by atoms with Gasteiger partial charge in [0.1, 0.15) is 18.1 Å². The number of alkyl halides is 1. The quantitative estimate of drug-likeness (QED) is 0.0611. The van der Waals surface area contributed by atoms with E-state index < -0.39 is 32.2 Å². The van der Waals surface area contributed by atoms with E-state index in [0.717, 1.165) is 17.3 Å². The zero-order chi connectivity index (χ0) is 35.4. The summed E-state index contributed by atoms with van der Waals surface area (Å²) in [6.45, 7) is 2.80. The molecule has 1 fully saturated rings. The summed E-state index contributed by atoms with van der Waals surface area (Å²) in [6, 6.07) is 27.0. The summed E-state index contributed by atoms with van der Waals surface area (Å²) in [5, 5.41) is 11.0. The van der Waals surface area contributed by atoms with Crippen LogP contribution in [0.5, 0.6) is 11.5 Å². The molecule has 0 N–H and O–H groups in total. The van der Waals surface area contributed by atoms with Gasteiger partial charge in [-0.2, -0.15) is 0 Å². The summed E-state index contributed by atoms with van der Waals surface area (Å²) < 4.78 is 15.6. The minimum absolute atomic E-state index is 0.0556. The largest absolute Gasteiger partial charge is 0.456 e. The Morgan fingerprint density at radius 2 is 1.64 bits per heavy atom. The molecule has 0 aliphatic carbocycles. The number of para-hydroxylation sites is 1. The standard InChI is InChI=1S/C36H26BrN3O9S/c1-21-31(33(43)47-20-24-12-15-26(16-13-24)40(45)46)39-34(44)35(37,49-22(2)41)36(39,50-21)25-14-17-30-28(18-25)38(19-23-8-4-3-5-9-23)32(42)27-10-6-7-11-29(27)48-30/h3-18H,19-20H2,1-2H3. The second-order valence-electron chi connectivity index (χ2n) is 11.6. The average Bonchev–Trinajstić information content (AvgIpc) is 3.35. The van der Waals surface area contributed by atoms with E-state index in [1.807, 2.05) is 30.3 Å². The lowest BCUT2D eigenvalue weighted by atomic mass is 9.87. The minimum atomic E-state index is -1.94. The maximum absolute atomic E-state index is 14.1. The highest BCUT2D eigenvalue weighted by Crippen LogP contribution is 2.69. The van der Waals surface area contributed by atoms with Crippen molar-refractivity contribution in [3.8, 4) is 11.5 Å². The van der Waals surface area contributed by atoms with Gasteiger partial charge < -0.3 is 19.1 Å². The number of hydrogen-bond donors (Lipinski definition) is 0. The Balaban J connectivity index is 1.29. The molecule has 1 saturated heterocycles. The first-order chi connectivity index (χ1) is 23.9. The van der Waals surface area contributed by atoms with Crippen LogP contribution in [-0.2, 0) is 41.9 Å². The highest BCUT2D eigenvalue weighted by atomic mass is 79.9. The van der Waals surface area contributed by atoms with Gasteiger partial charge in [-0.25, -0.2) is 4.79 Å². The number of ether oxygens (including phenoxy) is 3. The molecule has 3 heterocycles. The summed E-state index contributed by atoms with van der Waals surface area (Å²) >= 11 is 4.57. The van der Waals surface area contributed by atoms with E-state index in [9.17, 15) is 29.3 Å². The Labute approximate surface area is 297 Å². The van der Waals surface area contributed by atoms with E-state index in [1.165, 1.54) is 36.1 Å². The molecule has 2 atom stereocenters. The number of benzene rings is 4. The number of nitro benzene ring substituents is 1. The molecule has 3 aliphatic rings. The molecule has 0 aromatic heterocycles. The lowest BCUT2D eigenvalue weighted by molar-refractivity contribution is -0.384. The van der Waals surface area contributed by atoms with Crippen LogP contribution in [0.2, 0.25) is 0 Å². The van der Waals surface area contributed by atoms with Crippen LogP contribution in [0, 0.1) is 10.1 Å². The van der Waals surface area contributed by atoms with E-state index in [1.54, 1.807) is 54.3 Å². The molecule has 252 valence electrons. The fraction of sp³-hybridized carbons (Fsp3) is 0.167. The average molecular weight is 757 g/mol. The number of non-ortho nitro benzene ring substituents is 1. The number of nitrogens with zero attached hydrogens (tertiary/aromatic N) is 3. The maximum atomic E-state index is 14.1. The van der Waals surface area contributed by atoms with Gasteiger partial charge >= 0.3 is 11.9 Å². The van der Waals surface area contributed by atoms with Crippen LogP contribution in [0.15, 0.2) is 108 Å². The van der Waals surface area contributed by atoms with Crippen LogP contribution >= 0.6 is 27.7 Å². The third-order valence-corrected chi connectivity index (χ3v) is 11.3. The molecule has 0 radical (unpaired) electrons. The first-order valence-electron chi connectivity index (χ1n) is 15.3. The predicted molar refractivity (Wildman–Crippen MR) is 185 cm³/mol. The van der Waals surface area contributed by atoms with Crippen molar-refractivity contribution in [3.05, 3.63) is 140 Å². The molecule has 0 saturated carbocycles. The lowest BCUT2D eigenvalue weighted by Gasteiger charge is -2.57. The molecule has 50 heavy (non-hydrogen) atoms. The van der Waals surface area contributed by atoms with Crippen LogP contribution in [-0.4, -0.2) is 38.1 Å². The molecule has 0 spiro atoms. The smallest absolute Gasteiger partial charge is 0.356 e. The fourth-order valence-corrected chi connectivity index (χ4v) is 8.76. The summed E-state index contributed by atoms with van der Waals surface area (Å²) in [7, 11) is 0. The normalized spacial score (nSPS) is 20.5. The first kappa shape index (κ1) is 33.0. The van der Waals surface area contributed by atoms with Crippen LogP contribution in [0.1, 0.15) is 40.9 Å². The molecule has 2 amide bonds. The zero-order valence-corrected chi connectivity index (χ0v) is 28.9. The van der Waals surface area contributed by atoms with E-state index in [-0.39, 0.29) is 30.4 Å². The number of fused-ring (bicyclic) bond motifs is 3. The van der Waals surface area contributed by atoms with Gasteiger partial charge in [0, 0.05) is 24.0 Å². The zero-order valence-electron chi connectivity index (χ0n) is 26.5. The molecular formula is C36H26BrN3O9S. The Kier molecular flexibility index (Phi) is 8.23. The van der Waals surface area contributed by atoms with Gasteiger partial charge in [0.15, 0.2) is 10.6 Å². The van der Waals surface area contributed by atoms with Crippen molar-refractivity contribution in [2.24, 2.45) is 0 Å². The third kappa shape index (κ3) is 5.22. The Morgan fingerprint density at radius 3 is 2.34 bits per heavy atom. The second-order valence-corrected chi connectivity index (χ2v) is 14.2. The molecule has 12 nitrogen and oxygen atoms in total. The van der Waals surface area contributed by atoms with Crippen molar-refractivity contribution in [2.45, 2.75) is 36.4 Å². The molecular weight excluding hydrogens is 730 g/mol. The number of carbonyl (C=O) groups is 4. The van der Waals surface area contributed by atoms with Crippen molar-refractivity contribution in [1.29, 1.82) is 0 Å². The van der Waals surface area contributed by atoms with Crippen molar-refractivity contribution in [1.82, 2.24) is 4.90 Å². The Morgan fingerprint density at radius 1 is 0.940 bits per heavy atom. The van der Waals surface area contributed by atoms with E-state index in [2.05, 4.69) is 15.9 Å². The number of thioether (sulfide) groups is 1. The summed E-state index contributed by atoms with van der Waals surface area (Å²) in [4.78, 5) is 66.4. The maximum Gasteiger partial charge on any atom is 0.356 e. The van der Waals surface area contributed by atoms with Crippen molar-refractivity contribution < 1.29 is 38.3 Å². The monoisotopic (exact) mass is 755 g/mol. The molecule has 2 unspecified atom stereocenters. The fourth-order valence-electron chi connectivity index (χ4n) is 6.22. The van der Waals surface area contributed by atoms with Crippen LogP contribution in [0.25, 0.3) is 0 Å². The minimum Gasteiger partial charge on any atom is -0.456 e. The first-order valence-corrected chi connectivity index (χ1v) is 16.9. The number of halogens is 1. The van der Waals surface area contributed by atoms with Gasteiger partial charge in [0.2, 0.25) is 0 Å². The van der Waals surface area contributed by atoms with Gasteiger partial charge in [-0.15, -0.1) is 0 Å². The number of rotatable bonds is 8. The van der Waals surface area contributed by atoms with Crippen LogP contribution in [0.4, 0.5) is 11.4 Å². The number of β-lactam (4-membered cyclic amide) rings is 1. The van der Waals surface area contributed by atoms with Gasteiger partial charge in [-0.3, -0.25) is 29.4 Å². The second kappa shape index (κ2) is 12.4. The number of allylic oxidation sites excluding steroid dienone is 1. The number of esters is 2. The SMILES string of the molecule is CC(=O)OC1(Br)C(=O)N2C(C(=O)OCc3ccc([N+](=O)[O-])cc3)=C(C)SC21c1ccc2c(c1)N(Cc1ccccc1)C(=O)c1ccccc1O2. The van der Waals surface area contributed by atoms with Crippen LogP contribution in [0.3, 0.4) is 0 Å². The van der Waals surface area contributed by atoms with Crippen molar-refractivity contribution in [3.63, 3.8) is 0 Å². The molecule has 14 heteroatoms. The molecule has 4 aromatic carbocycles. The van der Waals surface area contributed by atoms with E-state index >= 15 is 0 Å². The molecule has 4 aromatic rings. The van der Waals surface area contributed by atoms with Gasteiger partial charge in [0.05, 0.1) is 22.7 Å². The van der Waals surface area contributed by atoms with Gasteiger partial charge in [-0.05, 0) is 75.9 Å². The van der Waals surface area contributed by atoms with E-state index in [4.69, 9.17) is 14.2 Å². The number of carbonyl (C=O) groups excluding carboxylic acids is 4. The summed E-state index contributed by atoms with van der Waals surface area (Å²) in [6.07, 6.45) is 0. The van der Waals surface area contributed by atoms with Crippen molar-refractivity contribution in [2.75, 3.05) is 4.90 Å². The Hall–Kier alpha value is -5.47. The number of anilines is 1.